The van der Waals surface area contributed by atoms with E-state index in [-0.39, 0.29) is 0 Å². The molecule has 3 aromatic heterocycles. The third kappa shape index (κ3) is 3.43. The van der Waals surface area contributed by atoms with Crippen LogP contribution in [0.2, 0.25) is 0 Å². The normalized spacial score (nSPS) is 10.9. The minimum Gasteiger partial charge on any atom is -0.495 e. The molecule has 0 atom stereocenters. The van der Waals surface area contributed by atoms with Crippen LogP contribution in [0.5, 0.6) is 17.2 Å². The van der Waals surface area contributed by atoms with Crippen molar-refractivity contribution in [2.75, 3.05) is 7.11 Å². The number of aromatic nitrogens is 3. The van der Waals surface area contributed by atoms with Crippen LogP contribution in [0.4, 0.5) is 0 Å². The Morgan fingerprint density at radius 1 is 0.893 bits per heavy atom. The number of ether oxygens (including phenoxy) is 2. The van der Waals surface area contributed by atoms with Crippen LogP contribution in [0.1, 0.15) is 11.3 Å². The summed E-state index contributed by atoms with van der Waals surface area (Å²) in [4.78, 5) is 13.6. The first-order chi connectivity index (χ1) is 13.6. The summed E-state index contributed by atoms with van der Waals surface area (Å²) in [5.74, 6) is 2.07. The van der Waals surface area contributed by atoms with Gasteiger partial charge in [-0.3, -0.25) is 9.97 Å². The second kappa shape index (κ2) is 7.56. The van der Waals surface area contributed by atoms with Crippen molar-refractivity contribution in [3.8, 4) is 28.6 Å². The summed E-state index contributed by atoms with van der Waals surface area (Å²) in [6, 6.07) is 13.4. The van der Waals surface area contributed by atoms with Crippen molar-refractivity contribution < 1.29 is 9.47 Å². The number of pyridine rings is 3. The van der Waals surface area contributed by atoms with Crippen LogP contribution in [0.15, 0.2) is 59.3 Å². The Labute approximate surface area is 171 Å². The Hall–Kier alpha value is -2.99. The molecule has 28 heavy (non-hydrogen) atoms. The standard InChI is InChI=1S/C22H18BrN3O2/c1-13-10-21(22(26-14(13)2)17-6-4-5-8-24-17)28-19-7-9-25-18-12-20(27-3)16(23)11-15(18)19/h4-12H,1-3H3. The van der Waals surface area contributed by atoms with Crippen LogP contribution in [-0.2, 0) is 0 Å². The molecule has 5 nitrogen and oxygen atoms in total. The molecule has 6 heteroatoms. The predicted molar refractivity (Wildman–Crippen MR) is 113 cm³/mol. The molecular formula is C22H18BrN3O2. The quantitative estimate of drug-likeness (QED) is 0.400. The first kappa shape index (κ1) is 18.4. The van der Waals surface area contributed by atoms with E-state index >= 15 is 0 Å². The molecule has 0 radical (unpaired) electrons. The Morgan fingerprint density at radius 2 is 1.75 bits per heavy atom. The van der Waals surface area contributed by atoms with Gasteiger partial charge in [-0.15, -0.1) is 0 Å². The van der Waals surface area contributed by atoms with E-state index in [2.05, 4.69) is 25.9 Å². The summed E-state index contributed by atoms with van der Waals surface area (Å²) >= 11 is 3.54. The van der Waals surface area contributed by atoms with E-state index in [4.69, 9.17) is 14.5 Å². The molecule has 0 bridgehead atoms. The lowest BCUT2D eigenvalue weighted by atomic mass is 10.1. The minimum atomic E-state index is 0.654. The van der Waals surface area contributed by atoms with E-state index in [1.165, 1.54) is 0 Å². The Balaban J connectivity index is 1.86. The van der Waals surface area contributed by atoms with Gasteiger partial charge in [0.25, 0.3) is 0 Å². The lowest BCUT2D eigenvalue weighted by molar-refractivity contribution is 0.412. The van der Waals surface area contributed by atoms with Crippen LogP contribution in [0.3, 0.4) is 0 Å². The summed E-state index contributed by atoms with van der Waals surface area (Å²) in [6.45, 7) is 4.00. The van der Waals surface area contributed by atoms with Gasteiger partial charge in [-0.1, -0.05) is 6.07 Å². The Morgan fingerprint density at radius 3 is 2.50 bits per heavy atom. The van der Waals surface area contributed by atoms with Gasteiger partial charge >= 0.3 is 0 Å². The first-order valence-corrected chi connectivity index (χ1v) is 9.56. The maximum Gasteiger partial charge on any atom is 0.155 e. The molecule has 4 aromatic rings. The van der Waals surface area contributed by atoms with Crippen molar-refractivity contribution in [1.29, 1.82) is 0 Å². The molecule has 0 saturated carbocycles. The number of rotatable bonds is 4. The highest BCUT2D eigenvalue weighted by molar-refractivity contribution is 9.10. The molecule has 3 heterocycles. The lowest BCUT2D eigenvalue weighted by Crippen LogP contribution is -1.98. The van der Waals surface area contributed by atoms with Gasteiger partial charge in [0.1, 0.15) is 17.2 Å². The van der Waals surface area contributed by atoms with Crippen molar-refractivity contribution in [2.45, 2.75) is 13.8 Å². The van der Waals surface area contributed by atoms with Crippen LogP contribution in [0, 0.1) is 13.8 Å². The summed E-state index contributed by atoms with van der Waals surface area (Å²) < 4.78 is 12.5. The molecule has 0 N–H and O–H groups in total. The Bertz CT molecular complexity index is 1160. The number of hydrogen-bond acceptors (Lipinski definition) is 5. The summed E-state index contributed by atoms with van der Waals surface area (Å²) in [5, 5.41) is 0.875. The summed E-state index contributed by atoms with van der Waals surface area (Å²) in [7, 11) is 1.63. The molecule has 0 unspecified atom stereocenters. The van der Waals surface area contributed by atoms with E-state index in [9.17, 15) is 0 Å². The number of aryl methyl sites for hydroxylation is 2. The lowest BCUT2D eigenvalue weighted by Gasteiger charge is -2.14. The van der Waals surface area contributed by atoms with Crippen molar-refractivity contribution >= 4 is 26.8 Å². The number of fused-ring (bicyclic) bond motifs is 1. The van der Waals surface area contributed by atoms with Gasteiger partial charge in [0, 0.05) is 29.5 Å². The van der Waals surface area contributed by atoms with E-state index in [0.29, 0.717) is 17.2 Å². The third-order valence-electron chi connectivity index (χ3n) is 4.53. The number of benzene rings is 1. The smallest absolute Gasteiger partial charge is 0.155 e. The molecule has 0 aliphatic heterocycles. The average Bonchev–Trinajstić information content (AvgIpc) is 2.71. The average molecular weight is 436 g/mol. The van der Waals surface area contributed by atoms with Gasteiger partial charge in [-0.2, -0.15) is 0 Å². The van der Waals surface area contributed by atoms with Crippen LogP contribution >= 0.6 is 15.9 Å². The van der Waals surface area contributed by atoms with Gasteiger partial charge in [0.15, 0.2) is 5.75 Å². The van der Waals surface area contributed by atoms with Crippen molar-refractivity contribution in [2.24, 2.45) is 0 Å². The van der Waals surface area contributed by atoms with Crippen molar-refractivity contribution in [1.82, 2.24) is 15.0 Å². The zero-order chi connectivity index (χ0) is 19.7. The fourth-order valence-corrected chi connectivity index (χ4v) is 3.44. The first-order valence-electron chi connectivity index (χ1n) is 8.76. The molecule has 0 aliphatic rings. The second-order valence-electron chi connectivity index (χ2n) is 6.37. The largest absolute Gasteiger partial charge is 0.495 e. The summed E-state index contributed by atoms with van der Waals surface area (Å²) in [5.41, 5.74) is 4.26. The topological polar surface area (TPSA) is 57.1 Å². The minimum absolute atomic E-state index is 0.654. The number of methoxy groups -OCH3 is 1. The molecule has 4 rings (SSSR count). The maximum absolute atomic E-state index is 6.34. The van der Waals surface area contributed by atoms with Gasteiger partial charge in [-0.25, -0.2) is 4.98 Å². The molecular weight excluding hydrogens is 418 g/mol. The highest BCUT2D eigenvalue weighted by atomic mass is 79.9. The van der Waals surface area contributed by atoms with Crippen LogP contribution in [0.25, 0.3) is 22.3 Å². The predicted octanol–water partition coefficient (Wildman–Crippen LogP) is 5.87. The number of nitrogens with zero attached hydrogens (tertiary/aromatic N) is 3. The molecule has 140 valence electrons. The molecule has 0 aliphatic carbocycles. The highest BCUT2D eigenvalue weighted by Crippen LogP contribution is 2.38. The number of hydrogen-bond donors (Lipinski definition) is 0. The van der Waals surface area contributed by atoms with Gasteiger partial charge < -0.3 is 9.47 Å². The zero-order valence-electron chi connectivity index (χ0n) is 15.7. The maximum atomic E-state index is 6.34. The molecule has 0 spiro atoms. The third-order valence-corrected chi connectivity index (χ3v) is 5.15. The highest BCUT2D eigenvalue weighted by Gasteiger charge is 2.15. The number of halogens is 1. The van der Waals surface area contributed by atoms with Crippen molar-refractivity contribution in [3.05, 3.63) is 70.6 Å². The van der Waals surface area contributed by atoms with Gasteiger partial charge in [-0.05, 0) is 65.7 Å². The van der Waals surface area contributed by atoms with E-state index in [1.807, 2.05) is 56.3 Å². The molecule has 1 aromatic carbocycles. The van der Waals surface area contributed by atoms with Crippen molar-refractivity contribution in [3.63, 3.8) is 0 Å². The molecule has 0 fully saturated rings. The van der Waals surface area contributed by atoms with Gasteiger partial charge in [0.2, 0.25) is 0 Å². The van der Waals surface area contributed by atoms with Crippen LogP contribution in [-0.4, -0.2) is 22.1 Å². The van der Waals surface area contributed by atoms with E-state index in [1.54, 1.807) is 19.5 Å². The van der Waals surface area contributed by atoms with Gasteiger partial charge in [0.05, 0.1) is 22.8 Å². The fourth-order valence-electron chi connectivity index (χ4n) is 2.93. The zero-order valence-corrected chi connectivity index (χ0v) is 17.3. The molecule has 0 amide bonds. The second-order valence-corrected chi connectivity index (χ2v) is 7.22. The monoisotopic (exact) mass is 435 g/mol. The van der Waals surface area contributed by atoms with E-state index in [0.717, 1.165) is 38.1 Å². The Kier molecular flexibility index (Phi) is 4.96. The van der Waals surface area contributed by atoms with Crippen LogP contribution < -0.4 is 9.47 Å². The SMILES string of the molecule is COc1cc2nccc(Oc3cc(C)c(C)nc3-c3ccccn3)c2cc1Br. The summed E-state index contributed by atoms with van der Waals surface area (Å²) in [6.07, 6.45) is 3.47. The molecule has 0 saturated heterocycles. The van der Waals surface area contributed by atoms with E-state index < -0.39 is 0 Å². The fraction of sp³-hybridized carbons (Fsp3) is 0.136.